The van der Waals surface area contributed by atoms with E-state index in [0.717, 1.165) is 38.0 Å². The summed E-state index contributed by atoms with van der Waals surface area (Å²) >= 11 is 0. The highest BCUT2D eigenvalue weighted by Crippen LogP contribution is 2.40. The summed E-state index contributed by atoms with van der Waals surface area (Å²) in [5.74, 6) is 0.262. The molecule has 1 aromatic rings. The maximum Gasteiger partial charge on any atom is 0.227 e. The number of amides is 1. The Bertz CT molecular complexity index is 412. The molecule has 1 aromatic heterocycles. The van der Waals surface area contributed by atoms with E-state index in [9.17, 15) is 4.79 Å². The van der Waals surface area contributed by atoms with Crippen molar-refractivity contribution in [2.45, 2.75) is 31.2 Å². The lowest BCUT2D eigenvalue weighted by Crippen LogP contribution is -2.52. The summed E-state index contributed by atoms with van der Waals surface area (Å²) in [6.07, 6.45) is 7.31. The molecule has 2 aliphatic rings. The zero-order valence-electron chi connectivity index (χ0n) is 9.85. The molecule has 17 heavy (non-hydrogen) atoms. The van der Waals surface area contributed by atoms with Gasteiger partial charge in [0.15, 0.2) is 0 Å². The van der Waals surface area contributed by atoms with E-state index >= 15 is 0 Å². The highest BCUT2D eigenvalue weighted by Gasteiger charge is 2.46. The predicted molar refractivity (Wildman–Crippen MR) is 65.8 cm³/mol. The van der Waals surface area contributed by atoms with Crippen LogP contribution in [-0.2, 0) is 4.79 Å². The van der Waals surface area contributed by atoms with E-state index < -0.39 is 0 Å². The van der Waals surface area contributed by atoms with Crippen LogP contribution in [0.5, 0.6) is 0 Å². The zero-order valence-corrected chi connectivity index (χ0v) is 9.85. The molecule has 0 saturated carbocycles. The van der Waals surface area contributed by atoms with Crippen LogP contribution in [0.1, 0.15) is 25.7 Å². The van der Waals surface area contributed by atoms with Gasteiger partial charge in [0.05, 0.1) is 5.54 Å². The number of hydrogen-bond donors (Lipinski definition) is 1. The molecule has 4 nitrogen and oxygen atoms in total. The molecule has 3 rings (SSSR count). The number of anilines is 1. The fourth-order valence-electron chi connectivity index (χ4n) is 3.10. The van der Waals surface area contributed by atoms with Crippen molar-refractivity contribution in [1.82, 2.24) is 10.3 Å². The van der Waals surface area contributed by atoms with Crippen molar-refractivity contribution in [2.75, 3.05) is 18.0 Å². The van der Waals surface area contributed by atoms with Crippen LogP contribution < -0.4 is 10.2 Å². The second-order valence-corrected chi connectivity index (χ2v) is 4.91. The van der Waals surface area contributed by atoms with Crippen molar-refractivity contribution in [3.8, 4) is 0 Å². The Morgan fingerprint density at radius 2 is 1.88 bits per heavy atom. The van der Waals surface area contributed by atoms with Crippen LogP contribution in [0.15, 0.2) is 24.5 Å². The second kappa shape index (κ2) is 4.11. The number of carbonyl (C=O) groups excluding carboxylic acids is 1. The maximum absolute atomic E-state index is 12.1. The Balaban J connectivity index is 1.97. The van der Waals surface area contributed by atoms with Gasteiger partial charge in [-0.05, 0) is 44.5 Å². The number of hydrogen-bond acceptors (Lipinski definition) is 3. The smallest absolute Gasteiger partial charge is 0.227 e. The first-order chi connectivity index (χ1) is 8.32. The number of pyridine rings is 1. The number of nitrogens with zero attached hydrogens (tertiary/aromatic N) is 2. The van der Waals surface area contributed by atoms with Crippen LogP contribution in [0.2, 0.25) is 0 Å². The molecule has 2 saturated heterocycles. The summed E-state index contributed by atoms with van der Waals surface area (Å²) < 4.78 is 0. The molecule has 0 bridgehead atoms. The minimum Gasteiger partial charge on any atom is -0.317 e. The van der Waals surface area contributed by atoms with Crippen LogP contribution >= 0.6 is 0 Å². The molecule has 0 aromatic carbocycles. The highest BCUT2D eigenvalue weighted by molar-refractivity contribution is 5.97. The highest BCUT2D eigenvalue weighted by atomic mass is 16.2. The number of piperidine rings is 1. The van der Waals surface area contributed by atoms with E-state index in [1.54, 1.807) is 12.4 Å². The number of rotatable bonds is 1. The molecule has 3 heterocycles. The lowest BCUT2D eigenvalue weighted by atomic mass is 9.85. The first-order valence-electron chi connectivity index (χ1n) is 6.26. The van der Waals surface area contributed by atoms with E-state index in [2.05, 4.69) is 10.3 Å². The van der Waals surface area contributed by atoms with Crippen molar-refractivity contribution in [3.05, 3.63) is 24.5 Å². The quantitative estimate of drug-likeness (QED) is 0.793. The molecule has 0 unspecified atom stereocenters. The van der Waals surface area contributed by atoms with Crippen molar-refractivity contribution >= 4 is 11.6 Å². The largest absolute Gasteiger partial charge is 0.317 e. The van der Waals surface area contributed by atoms with Gasteiger partial charge in [-0.1, -0.05) is 0 Å². The van der Waals surface area contributed by atoms with Crippen LogP contribution in [0, 0.1) is 0 Å². The van der Waals surface area contributed by atoms with Gasteiger partial charge in [-0.3, -0.25) is 9.78 Å². The van der Waals surface area contributed by atoms with E-state index in [4.69, 9.17) is 0 Å². The Kier molecular flexibility index (Phi) is 2.59. The average Bonchev–Trinajstić information content (AvgIpc) is 2.68. The Labute approximate surface area is 101 Å². The molecule has 4 heteroatoms. The third-order valence-electron chi connectivity index (χ3n) is 3.98. The van der Waals surface area contributed by atoms with E-state index in [0.29, 0.717) is 6.42 Å². The van der Waals surface area contributed by atoms with E-state index in [1.165, 1.54) is 0 Å². The lowest BCUT2D eigenvalue weighted by molar-refractivity contribution is -0.117. The van der Waals surface area contributed by atoms with E-state index in [1.807, 2.05) is 17.0 Å². The number of carbonyl (C=O) groups is 1. The molecule has 1 N–H and O–H groups in total. The molecular formula is C13H17N3O. The third kappa shape index (κ3) is 1.72. The number of aromatic nitrogens is 1. The fourth-order valence-corrected chi connectivity index (χ4v) is 3.10. The minimum atomic E-state index is 0.0592. The Morgan fingerprint density at radius 1 is 1.18 bits per heavy atom. The van der Waals surface area contributed by atoms with Gasteiger partial charge in [-0.25, -0.2) is 0 Å². The van der Waals surface area contributed by atoms with Gasteiger partial charge < -0.3 is 10.2 Å². The summed E-state index contributed by atoms with van der Waals surface area (Å²) in [6.45, 7) is 2.02. The normalized spacial score (nSPS) is 23.3. The average molecular weight is 231 g/mol. The fraction of sp³-hybridized carbons (Fsp3) is 0.538. The van der Waals surface area contributed by atoms with Crippen LogP contribution in [0.4, 0.5) is 5.69 Å². The summed E-state index contributed by atoms with van der Waals surface area (Å²) in [6, 6.07) is 3.88. The molecule has 1 amide bonds. The Hall–Kier alpha value is -1.42. The van der Waals surface area contributed by atoms with Gasteiger partial charge in [0.2, 0.25) is 5.91 Å². The molecule has 2 aliphatic heterocycles. The summed E-state index contributed by atoms with van der Waals surface area (Å²) in [7, 11) is 0. The van der Waals surface area contributed by atoms with E-state index in [-0.39, 0.29) is 11.4 Å². The first-order valence-corrected chi connectivity index (χ1v) is 6.26. The molecule has 0 atom stereocenters. The van der Waals surface area contributed by atoms with Crippen molar-refractivity contribution in [1.29, 1.82) is 0 Å². The third-order valence-corrected chi connectivity index (χ3v) is 3.98. The standard InChI is InChI=1S/C13H17N3O/c17-12-1-4-13(5-9-15-10-6-13)16(12)11-2-7-14-8-3-11/h2-3,7-8,15H,1,4-6,9-10H2. The van der Waals surface area contributed by atoms with Gasteiger partial charge in [0, 0.05) is 24.5 Å². The van der Waals surface area contributed by atoms with Crippen LogP contribution in [0.25, 0.3) is 0 Å². The lowest BCUT2D eigenvalue weighted by Gasteiger charge is -2.41. The van der Waals surface area contributed by atoms with Gasteiger partial charge >= 0.3 is 0 Å². The van der Waals surface area contributed by atoms with Gasteiger partial charge in [0.25, 0.3) is 0 Å². The van der Waals surface area contributed by atoms with Crippen molar-refractivity contribution in [3.63, 3.8) is 0 Å². The molecule has 0 aliphatic carbocycles. The second-order valence-electron chi connectivity index (χ2n) is 4.91. The zero-order chi connectivity index (χ0) is 11.7. The maximum atomic E-state index is 12.1. The van der Waals surface area contributed by atoms with Gasteiger partial charge in [-0.15, -0.1) is 0 Å². The summed E-state index contributed by atoms with van der Waals surface area (Å²) in [4.78, 5) is 18.2. The topological polar surface area (TPSA) is 45.2 Å². The van der Waals surface area contributed by atoms with Crippen LogP contribution in [-0.4, -0.2) is 29.5 Å². The molecular weight excluding hydrogens is 214 g/mol. The predicted octanol–water partition coefficient (Wildman–Crippen LogP) is 1.33. The van der Waals surface area contributed by atoms with Gasteiger partial charge in [0.1, 0.15) is 0 Å². The first kappa shape index (κ1) is 10.7. The van der Waals surface area contributed by atoms with Gasteiger partial charge in [-0.2, -0.15) is 0 Å². The minimum absolute atomic E-state index is 0.0592. The molecule has 90 valence electrons. The molecule has 2 fully saturated rings. The van der Waals surface area contributed by atoms with Crippen molar-refractivity contribution in [2.24, 2.45) is 0 Å². The summed E-state index contributed by atoms with van der Waals surface area (Å²) in [5.41, 5.74) is 1.06. The van der Waals surface area contributed by atoms with Crippen molar-refractivity contribution < 1.29 is 4.79 Å². The molecule has 1 spiro atoms. The summed E-state index contributed by atoms with van der Waals surface area (Å²) in [5, 5.41) is 3.37. The number of nitrogens with one attached hydrogen (secondary N) is 1. The van der Waals surface area contributed by atoms with Crippen LogP contribution in [0.3, 0.4) is 0 Å². The SMILES string of the molecule is O=C1CCC2(CCNCC2)N1c1ccncc1. The monoisotopic (exact) mass is 231 g/mol. The molecule has 0 radical (unpaired) electrons. The Morgan fingerprint density at radius 3 is 2.59 bits per heavy atom.